The molecule has 0 radical (unpaired) electrons. The summed E-state index contributed by atoms with van der Waals surface area (Å²) in [5.74, 6) is 1.51. The van der Waals surface area contributed by atoms with Gasteiger partial charge in [-0.05, 0) is 55.5 Å². The standard InChI is InChI=1S/C19H22N2O4S2/c1-15-4-7-18(26-15)14-21(13-17-3-2-11-24-17)10-12-25-16-5-8-19(9-6-16)27(20,22)23/h2-9,11H,10,12-14H2,1H3,(H2,20,22,23). The van der Waals surface area contributed by atoms with Crippen LogP contribution in [0.15, 0.2) is 64.1 Å². The summed E-state index contributed by atoms with van der Waals surface area (Å²) in [6.45, 7) is 4.78. The zero-order valence-corrected chi connectivity index (χ0v) is 16.6. The fourth-order valence-electron chi connectivity index (χ4n) is 2.65. The molecule has 0 bridgehead atoms. The normalized spacial score (nSPS) is 11.8. The monoisotopic (exact) mass is 406 g/mol. The zero-order valence-electron chi connectivity index (χ0n) is 15.0. The molecule has 2 aromatic heterocycles. The molecule has 27 heavy (non-hydrogen) atoms. The third-order valence-corrected chi connectivity index (χ3v) is 5.88. The number of benzene rings is 1. The van der Waals surface area contributed by atoms with Crippen molar-refractivity contribution in [3.8, 4) is 5.75 Å². The van der Waals surface area contributed by atoms with E-state index in [2.05, 4.69) is 24.0 Å². The van der Waals surface area contributed by atoms with Crippen molar-refractivity contribution in [2.75, 3.05) is 13.2 Å². The van der Waals surface area contributed by atoms with E-state index < -0.39 is 10.0 Å². The quantitative estimate of drug-likeness (QED) is 0.589. The van der Waals surface area contributed by atoms with Crippen molar-refractivity contribution >= 4 is 21.4 Å². The van der Waals surface area contributed by atoms with Gasteiger partial charge in [-0.2, -0.15) is 0 Å². The van der Waals surface area contributed by atoms with E-state index in [1.165, 1.54) is 21.9 Å². The smallest absolute Gasteiger partial charge is 0.238 e. The van der Waals surface area contributed by atoms with Gasteiger partial charge in [-0.3, -0.25) is 4.90 Å². The minimum absolute atomic E-state index is 0.0716. The molecule has 2 N–H and O–H groups in total. The first-order valence-electron chi connectivity index (χ1n) is 8.46. The van der Waals surface area contributed by atoms with E-state index in [9.17, 15) is 8.42 Å². The Morgan fingerprint density at radius 2 is 1.89 bits per heavy atom. The van der Waals surface area contributed by atoms with Gasteiger partial charge in [0.05, 0.1) is 17.7 Å². The number of ether oxygens (including phenoxy) is 1. The predicted octanol–water partition coefficient (Wildman–Crippen LogP) is 3.38. The van der Waals surface area contributed by atoms with Crippen molar-refractivity contribution in [1.82, 2.24) is 4.90 Å². The van der Waals surface area contributed by atoms with Gasteiger partial charge in [0, 0.05) is 22.8 Å². The Morgan fingerprint density at radius 1 is 1.11 bits per heavy atom. The number of primary sulfonamides is 1. The van der Waals surface area contributed by atoms with Gasteiger partial charge < -0.3 is 9.15 Å². The van der Waals surface area contributed by atoms with E-state index in [1.54, 1.807) is 29.7 Å². The van der Waals surface area contributed by atoms with Crippen molar-refractivity contribution in [1.29, 1.82) is 0 Å². The van der Waals surface area contributed by atoms with Gasteiger partial charge in [0.1, 0.15) is 18.1 Å². The van der Waals surface area contributed by atoms with Crippen molar-refractivity contribution in [2.24, 2.45) is 5.14 Å². The Kier molecular flexibility index (Phi) is 6.33. The lowest BCUT2D eigenvalue weighted by atomic mass is 10.3. The summed E-state index contributed by atoms with van der Waals surface area (Å²) in [5.41, 5.74) is 0. The maximum absolute atomic E-state index is 11.3. The fraction of sp³-hybridized carbons (Fsp3) is 0.263. The average Bonchev–Trinajstić information content (AvgIpc) is 3.26. The van der Waals surface area contributed by atoms with Gasteiger partial charge in [0.25, 0.3) is 0 Å². The van der Waals surface area contributed by atoms with Crippen LogP contribution in [0.2, 0.25) is 0 Å². The maximum atomic E-state index is 11.3. The van der Waals surface area contributed by atoms with Crippen LogP contribution in [-0.4, -0.2) is 26.5 Å². The number of hydrogen-bond acceptors (Lipinski definition) is 6. The molecule has 0 aliphatic rings. The summed E-state index contributed by atoms with van der Waals surface area (Å²) in [6.07, 6.45) is 1.67. The van der Waals surface area contributed by atoms with Crippen LogP contribution in [0.5, 0.6) is 5.75 Å². The van der Waals surface area contributed by atoms with Crippen molar-refractivity contribution in [2.45, 2.75) is 24.9 Å². The molecule has 6 nitrogen and oxygen atoms in total. The minimum atomic E-state index is -3.69. The number of aryl methyl sites for hydroxylation is 1. The van der Waals surface area contributed by atoms with Crippen LogP contribution in [0, 0.1) is 6.92 Å². The molecule has 144 valence electrons. The van der Waals surface area contributed by atoms with Gasteiger partial charge >= 0.3 is 0 Å². The molecule has 3 rings (SSSR count). The van der Waals surface area contributed by atoms with Crippen molar-refractivity contribution < 1.29 is 17.6 Å². The number of hydrogen-bond donors (Lipinski definition) is 1. The maximum Gasteiger partial charge on any atom is 0.238 e. The van der Waals surface area contributed by atoms with Gasteiger partial charge in [0.2, 0.25) is 10.0 Å². The topological polar surface area (TPSA) is 85.8 Å². The second kappa shape index (κ2) is 8.71. The summed E-state index contributed by atoms with van der Waals surface area (Å²) in [5, 5.41) is 5.10. The number of sulfonamides is 1. The molecule has 0 unspecified atom stereocenters. The first-order chi connectivity index (χ1) is 12.9. The zero-order chi connectivity index (χ0) is 19.3. The Hall–Kier alpha value is -2.13. The van der Waals surface area contributed by atoms with Crippen LogP contribution in [0.25, 0.3) is 0 Å². The van der Waals surface area contributed by atoms with Gasteiger partial charge in [-0.1, -0.05) is 0 Å². The molecule has 1 aromatic carbocycles. The highest BCUT2D eigenvalue weighted by atomic mass is 32.2. The summed E-state index contributed by atoms with van der Waals surface area (Å²) >= 11 is 1.78. The lowest BCUT2D eigenvalue weighted by Gasteiger charge is -2.20. The number of nitrogens with zero attached hydrogens (tertiary/aromatic N) is 1. The predicted molar refractivity (Wildman–Crippen MR) is 105 cm³/mol. The van der Waals surface area contributed by atoms with Crippen LogP contribution in [0.1, 0.15) is 15.5 Å². The second-order valence-electron chi connectivity index (χ2n) is 6.17. The Labute approximate surface area is 163 Å². The number of nitrogens with two attached hydrogens (primary N) is 1. The van der Waals surface area contributed by atoms with E-state index in [-0.39, 0.29) is 4.90 Å². The molecule has 0 fully saturated rings. The molecule has 0 saturated carbocycles. The van der Waals surface area contributed by atoms with E-state index in [0.717, 1.165) is 12.3 Å². The highest BCUT2D eigenvalue weighted by Gasteiger charge is 2.11. The Bertz CT molecular complexity index is 948. The SMILES string of the molecule is Cc1ccc(CN(CCOc2ccc(S(N)(=O)=O)cc2)Cc2ccco2)s1. The third kappa shape index (κ3) is 5.93. The fourth-order valence-corrected chi connectivity index (χ4v) is 4.09. The van der Waals surface area contributed by atoms with Gasteiger partial charge in [-0.15, -0.1) is 11.3 Å². The molecule has 0 amide bonds. The first kappa shape index (κ1) is 19.6. The first-order valence-corrected chi connectivity index (χ1v) is 10.8. The molecule has 0 atom stereocenters. The van der Waals surface area contributed by atoms with E-state index >= 15 is 0 Å². The van der Waals surface area contributed by atoms with Gasteiger partial charge in [-0.25, -0.2) is 13.6 Å². The third-order valence-electron chi connectivity index (χ3n) is 3.96. The number of rotatable bonds is 9. The summed E-state index contributed by atoms with van der Waals surface area (Å²) < 4.78 is 33.8. The molecule has 0 aliphatic carbocycles. The number of thiophene rings is 1. The molecule has 3 aromatic rings. The second-order valence-corrected chi connectivity index (χ2v) is 9.10. The van der Waals surface area contributed by atoms with Crippen LogP contribution in [-0.2, 0) is 23.1 Å². The Morgan fingerprint density at radius 3 is 2.48 bits per heavy atom. The molecular formula is C19H22N2O4S2. The average molecular weight is 407 g/mol. The summed E-state index contributed by atoms with van der Waals surface area (Å²) in [6, 6.07) is 14.2. The lowest BCUT2D eigenvalue weighted by Crippen LogP contribution is -2.27. The number of furan rings is 1. The van der Waals surface area contributed by atoms with E-state index in [4.69, 9.17) is 14.3 Å². The molecule has 2 heterocycles. The molecule has 8 heteroatoms. The Balaban J connectivity index is 1.58. The highest BCUT2D eigenvalue weighted by molar-refractivity contribution is 7.89. The van der Waals surface area contributed by atoms with Crippen LogP contribution >= 0.6 is 11.3 Å². The minimum Gasteiger partial charge on any atom is -0.492 e. The molecule has 0 aliphatic heterocycles. The van der Waals surface area contributed by atoms with E-state index in [0.29, 0.717) is 25.4 Å². The van der Waals surface area contributed by atoms with E-state index in [1.807, 2.05) is 12.1 Å². The summed E-state index contributed by atoms with van der Waals surface area (Å²) in [4.78, 5) is 4.90. The molecule has 0 spiro atoms. The van der Waals surface area contributed by atoms with Crippen LogP contribution in [0.3, 0.4) is 0 Å². The highest BCUT2D eigenvalue weighted by Crippen LogP contribution is 2.19. The molecule has 0 saturated heterocycles. The lowest BCUT2D eigenvalue weighted by molar-refractivity contribution is 0.186. The molecular weight excluding hydrogens is 384 g/mol. The van der Waals surface area contributed by atoms with Crippen molar-refractivity contribution in [3.05, 3.63) is 70.3 Å². The van der Waals surface area contributed by atoms with Crippen molar-refractivity contribution in [3.63, 3.8) is 0 Å². The van der Waals surface area contributed by atoms with Crippen LogP contribution < -0.4 is 9.88 Å². The van der Waals surface area contributed by atoms with Crippen LogP contribution in [0.4, 0.5) is 0 Å². The summed E-state index contributed by atoms with van der Waals surface area (Å²) in [7, 11) is -3.69. The largest absolute Gasteiger partial charge is 0.492 e. The van der Waals surface area contributed by atoms with Gasteiger partial charge in [0.15, 0.2) is 0 Å².